The summed E-state index contributed by atoms with van der Waals surface area (Å²) < 4.78 is 0. The van der Waals surface area contributed by atoms with Gasteiger partial charge >= 0.3 is 5.97 Å². The van der Waals surface area contributed by atoms with E-state index in [2.05, 4.69) is 42.2 Å². The molecule has 0 radical (unpaired) electrons. The number of phenols is 1. The number of aliphatic carboxylic acids is 1. The third-order valence-electron chi connectivity index (χ3n) is 9.65. The van der Waals surface area contributed by atoms with Gasteiger partial charge in [-0.15, -0.1) is 0 Å². The largest absolute Gasteiger partial charge is 0.508 e. The molecule has 0 saturated carbocycles. The van der Waals surface area contributed by atoms with Crippen LogP contribution < -0.4 is 37.2 Å². The molecule has 0 aliphatic carbocycles. The van der Waals surface area contributed by atoms with Gasteiger partial charge in [-0.2, -0.15) is 0 Å². The van der Waals surface area contributed by atoms with Gasteiger partial charge in [0.1, 0.15) is 36.5 Å². The molecule has 1 saturated heterocycles. The fraction of sp³-hybridized carbons (Fsp3) is 0.488. The minimum absolute atomic E-state index is 0.0191. The van der Waals surface area contributed by atoms with Gasteiger partial charge in [0, 0.05) is 29.9 Å². The summed E-state index contributed by atoms with van der Waals surface area (Å²) in [5.41, 5.74) is 2.19. The molecular weight excluding hydrogens is 748 g/mol. The normalized spacial score (nSPS) is 15.9. The van der Waals surface area contributed by atoms with E-state index in [0.29, 0.717) is 18.5 Å². The monoisotopic (exact) mass is 804 g/mol. The Morgan fingerprint density at radius 1 is 0.707 bits per heavy atom. The quantitative estimate of drug-likeness (QED) is 0.0723. The third kappa shape index (κ3) is 13.9. The first kappa shape index (κ1) is 44.7. The van der Waals surface area contributed by atoms with Crippen molar-refractivity contribution in [3.05, 3.63) is 65.9 Å². The molecule has 0 spiro atoms. The maximum atomic E-state index is 14.3. The maximum absolute atomic E-state index is 14.3. The predicted molar refractivity (Wildman–Crippen MR) is 215 cm³/mol. The first-order valence-corrected chi connectivity index (χ1v) is 19.6. The Bertz CT molecular complexity index is 1910. The second-order valence-corrected chi connectivity index (χ2v) is 15.5. The number of rotatable bonds is 21. The molecule has 1 aliphatic heterocycles. The molecule has 10 N–H and O–H groups in total. The Balaban J connectivity index is 1.53. The highest BCUT2D eigenvalue weighted by molar-refractivity contribution is 5.97. The number of hydrogen-bond donors (Lipinski definition) is 10. The first-order chi connectivity index (χ1) is 27.6. The topological polar surface area (TPSA) is 260 Å². The summed E-state index contributed by atoms with van der Waals surface area (Å²) in [7, 11) is 0. The van der Waals surface area contributed by atoms with Crippen molar-refractivity contribution in [2.24, 2.45) is 11.8 Å². The molecule has 6 amide bonds. The number of benzene rings is 2. The summed E-state index contributed by atoms with van der Waals surface area (Å²) in [6.45, 7) is 6.88. The predicted octanol–water partition coefficient (Wildman–Crippen LogP) is 0.759. The van der Waals surface area contributed by atoms with Crippen LogP contribution in [0.1, 0.15) is 64.5 Å². The summed E-state index contributed by atoms with van der Waals surface area (Å²) in [6, 6.07) is 8.72. The van der Waals surface area contributed by atoms with E-state index < -0.39 is 78.8 Å². The molecule has 1 fully saturated rings. The van der Waals surface area contributed by atoms with E-state index in [1.54, 1.807) is 18.3 Å². The molecule has 1 aromatic heterocycles. The number of H-pyrrole nitrogens is 1. The summed E-state index contributed by atoms with van der Waals surface area (Å²) in [5.74, 6) is -5.04. The lowest BCUT2D eigenvalue weighted by atomic mass is 9.99. The van der Waals surface area contributed by atoms with Gasteiger partial charge in [0.2, 0.25) is 35.4 Å². The average molecular weight is 805 g/mol. The molecular formula is C41H56N8O9. The fourth-order valence-corrected chi connectivity index (χ4v) is 6.76. The fourth-order valence-electron chi connectivity index (χ4n) is 6.76. The number of aromatic amines is 1. The van der Waals surface area contributed by atoms with Crippen molar-refractivity contribution >= 4 is 52.3 Å². The van der Waals surface area contributed by atoms with Gasteiger partial charge in [-0.25, -0.2) is 0 Å². The van der Waals surface area contributed by atoms with Gasteiger partial charge < -0.3 is 52.4 Å². The van der Waals surface area contributed by atoms with Crippen LogP contribution in [-0.4, -0.2) is 106 Å². The lowest BCUT2D eigenvalue weighted by Crippen LogP contribution is -2.59. The van der Waals surface area contributed by atoms with Crippen molar-refractivity contribution in [2.45, 2.75) is 96.4 Å². The number of aromatic nitrogens is 1. The number of carboxylic acid groups (broad SMARTS) is 1. The van der Waals surface area contributed by atoms with Gasteiger partial charge in [-0.05, 0) is 73.4 Å². The number of hydrogen-bond acceptors (Lipinski definition) is 9. The number of aromatic hydroxyl groups is 1. The minimum atomic E-state index is -1.24. The SMILES string of the molecule is CC(C)C[C@H](NC(=O)CNC(=O)[C@H](CC(C)C)NC(=O)[C@H](Cc1c[nH]c2ccccc12)NC(=O)[C@H](Cc1ccc(O)cc1)NC(=O)[C@@H]1CCCN1)C(=O)NCC(=O)O. The first-order valence-electron chi connectivity index (χ1n) is 19.6. The zero-order valence-electron chi connectivity index (χ0n) is 33.4. The zero-order valence-corrected chi connectivity index (χ0v) is 33.4. The third-order valence-corrected chi connectivity index (χ3v) is 9.65. The van der Waals surface area contributed by atoms with E-state index in [9.17, 15) is 38.7 Å². The van der Waals surface area contributed by atoms with Crippen LogP contribution in [-0.2, 0) is 46.4 Å². The van der Waals surface area contributed by atoms with Crippen molar-refractivity contribution in [1.29, 1.82) is 0 Å². The summed E-state index contributed by atoms with van der Waals surface area (Å²) in [6.07, 6.45) is 3.62. The van der Waals surface area contributed by atoms with E-state index in [4.69, 9.17) is 5.11 Å². The van der Waals surface area contributed by atoms with Crippen LogP contribution in [0.3, 0.4) is 0 Å². The Labute approximate surface area is 337 Å². The van der Waals surface area contributed by atoms with E-state index >= 15 is 0 Å². The van der Waals surface area contributed by atoms with Crippen molar-refractivity contribution in [3.63, 3.8) is 0 Å². The zero-order chi connectivity index (χ0) is 42.4. The van der Waals surface area contributed by atoms with Gasteiger partial charge in [0.25, 0.3) is 0 Å². The Kier molecular flexibility index (Phi) is 16.6. The van der Waals surface area contributed by atoms with Crippen LogP contribution in [0.4, 0.5) is 0 Å². The number of amides is 6. The van der Waals surface area contributed by atoms with Crippen LogP contribution >= 0.6 is 0 Å². The second-order valence-electron chi connectivity index (χ2n) is 15.5. The highest BCUT2D eigenvalue weighted by Crippen LogP contribution is 2.20. The summed E-state index contributed by atoms with van der Waals surface area (Å²) >= 11 is 0. The smallest absolute Gasteiger partial charge is 0.322 e. The van der Waals surface area contributed by atoms with Crippen LogP contribution in [0.2, 0.25) is 0 Å². The summed E-state index contributed by atoms with van der Waals surface area (Å²) in [4.78, 5) is 94.9. The molecule has 58 heavy (non-hydrogen) atoms. The molecule has 17 heteroatoms. The molecule has 3 aromatic rings. The van der Waals surface area contributed by atoms with Crippen LogP contribution in [0.15, 0.2) is 54.7 Å². The number of carboxylic acids is 1. The van der Waals surface area contributed by atoms with Gasteiger partial charge in [-0.1, -0.05) is 58.0 Å². The second kappa shape index (κ2) is 21.5. The molecule has 314 valence electrons. The number of nitrogens with one attached hydrogen (secondary N) is 8. The van der Waals surface area contributed by atoms with E-state index in [1.807, 2.05) is 52.0 Å². The molecule has 2 heterocycles. The van der Waals surface area contributed by atoms with E-state index in [-0.39, 0.29) is 49.2 Å². The van der Waals surface area contributed by atoms with Crippen molar-refractivity contribution in [1.82, 2.24) is 42.2 Å². The summed E-state index contributed by atoms with van der Waals surface area (Å²) in [5, 5.41) is 38.5. The van der Waals surface area contributed by atoms with Gasteiger partial charge in [0.05, 0.1) is 12.6 Å². The van der Waals surface area contributed by atoms with Gasteiger partial charge in [-0.3, -0.25) is 33.6 Å². The molecule has 4 rings (SSSR count). The standard InChI is InChI=1S/C41H56N8O9/c1-23(2)16-31(37(54)45-22-36(52)53)46-35(51)21-44-38(55)32(17-24(3)4)47-41(58)34(19-26-20-43-29-9-6-5-8-28(26)29)49-40(57)33(18-25-11-13-27(50)14-12-25)48-39(56)30-10-7-15-42-30/h5-6,8-9,11-14,20,23-24,30-34,42-43,50H,7,10,15-19,21-22H2,1-4H3,(H,44,55)(H,45,54)(H,46,51)(H,47,58)(H,48,56)(H,49,57)(H,52,53)/t30-,31-,32-,33-,34-/m0/s1. The highest BCUT2D eigenvalue weighted by Gasteiger charge is 2.33. The Hall–Kier alpha value is -5.97. The van der Waals surface area contributed by atoms with Gasteiger partial charge in [0.15, 0.2) is 0 Å². The molecule has 0 unspecified atom stereocenters. The van der Waals surface area contributed by atoms with Crippen LogP contribution in [0.5, 0.6) is 5.75 Å². The number of carbonyl (C=O) groups excluding carboxylic acids is 6. The number of phenolic OH excluding ortho intramolecular Hbond substituents is 1. The lowest BCUT2D eigenvalue weighted by Gasteiger charge is -2.27. The molecule has 0 bridgehead atoms. The molecule has 5 atom stereocenters. The molecule has 1 aliphatic rings. The van der Waals surface area contributed by atoms with Crippen molar-refractivity contribution in [2.75, 3.05) is 19.6 Å². The van der Waals surface area contributed by atoms with E-state index in [1.165, 1.54) is 12.1 Å². The van der Waals surface area contributed by atoms with E-state index in [0.717, 1.165) is 22.9 Å². The molecule has 2 aromatic carbocycles. The number of fused-ring (bicyclic) bond motifs is 1. The maximum Gasteiger partial charge on any atom is 0.322 e. The average Bonchev–Trinajstić information content (AvgIpc) is 3.86. The highest BCUT2D eigenvalue weighted by atomic mass is 16.4. The van der Waals surface area contributed by atoms with Crippen LogP contribution in [0.25, 0.3) is 10.9 Å². The van der Waals surface area contributed by atoms with Crippen molar-refractivity contribution < 1.29 is 43.8 Å². The Morgan fingerprint density at radius 3 is 1.90 bits per heavy atom. The van der Waals surface area contributed by atoms with Crippen LogP contribution in [0, 0.1) is 11.8 Å². The Morgan fingerprint density at radius 2 is 1.29 bits per heavy atom. The van der Waals surface area contributed by atoms with Crippen molar-refractivity contribution in [3.8, 4) is 5.75 Å². The minimum Gasteiger partial charge on any atom is -0.508 e. The molecule has 17 nitrogen and oxygen atoms in total. The lowest BCUT2D eigenvalue weighted by molar-refractivity contribution is -0.138. The number of carbonyl (C=O) groups is 7. The number of para-hydroxylation sites is 1.